The van der Waals surface area contributed by atoms with E-state index in [-0.39, 0.29) is 6.61 Å². The van der Waals surface area contributed by atoms with Gasteiger partial charge in [-0.05, 0) is 6.92 Å². The molecule has 0 spiro atoms. The topological polar surface area (TPSA) is 87.5 Å². The molecule has 1 heterocycles. The second-order valence-corrected chi connectivity index (χ2v) is 3.77. The minimum atomic E-state index is -0.620. The summed E-state index contributed by atoms with van der Waals surface area (Å²) < 4.78 is 12.7. The van der Waals surface area contributed by atoms with Crippen LogP contribution in [-0.2, 0) is 0 Å². The summed E-state index contributed by atoms with van der Waals surface area (Å²) in [7, 11) is 0. The summed E-state index contributed by atoms with van der Waals surface area (Å²) in [6.45, 7) is 2.67. The lowest BCUT2D eigenvalue weighted by Crippen LogP contribution is -2.35. The number of aromatic nitrogens is 2. The number of nitrogens with zero attached hydrogens (tertiary/aromatic N) is 2. The van der Waals surface area contributed by atoms with E-state index in [9.17, 15) is 5.11 Å². The summed E-state index contributed by atoms with van der Waals surface area (Å²) >= 11 is 1.06. The highest BCUT2D eigenvalue weighted by molar-refractivity contribution is 6.99. The first-order valence-electron chi connectivity index (χ1n) is 4.65. The SMILES string of the molecule is CC(O)CNCC(O)COc1cnsn1. The molecule has 86 valence electrons. The molecule has 6 nitrogen and oxygen atoms in total. The first-order chi connectivity index (χ1) is 7.18. The number of aliphatic hydroxyl groups is 2. The minimum absolute atomic E-state index is 0.165. The zero-order valence-corrected chi connectivity index (χ0v) is 9.28. The summed E-state index contributed by atoms with van der Waals surface area (Å²) in [5, 5.41) is 21.3. The van der Waals surface area contributed by atoms with Crippen molar-refractivity contribution in [2.24, 2.45) is 0 Å². The van der Waals surface area contributed by atoms with Crippen molar-refractivity contribution in [1.82, 2.24) is 14.1 Å². The van der Waals surface area contributed by atoms with Gasteiger partial charge in [-0.25, -0.2) is 0 Å². The lowest BCUT2D eigenvalue weighted by molar-refractivity contribution is 0.0994. The first kappa shape index (κ1) is 12.3. The van der Waals surface area contributed by atoms with Gasteiger partial charge in [0.15, 0.2) is 0 Å². The molecule has 0 aliphatic carbocycles. The van der Waals surface area contributed by atoms with Crippen LogP contribution in [0, 0.1) is 0 Å². The summed E-state index contributed by atoms with van der Waals surface area (Å²) in [5.74, 6) is 0.426. The monoisotopic (exact) mass is 233 g/mol. The molecule has 15 heavy (non-hydrogen) atoms. The van der Waals surface area contributed by atoms with Crippen LogP contribution in [0.4, 0.5) is 0 Å². The van der Waals surface area contributed by atoms with Gasteiger partial charge >= 0.3 is 0 Å². The Bertz CT molecular complexity index is 256. The van der Waals surface area contributed by atoms with Crippen LogP contribution in [-0.4, -0.2) is 50.9 Å². The maximum Gasteiger partial charge on any atom is 0.245 e. The molecule has 0 bridgehead atoms. The fourth-order valence-electron chi connectivity index (χ4n) is 0.919. The van der Waals surface area contributed by atoms with Crippen molar-refractivity contribution in [3.8, 4) is 5.88 Å². The molecule has 0 aliphatic heterocycles. The van der Waals surface area contributed by atoms with E-state index in [2.05, 4.69) is 14.1 Å². The molecule has 0 saturated carbocycles. The van der Waals surface area contributed by atoms with Crippen molar-refractivity contribution in [2.75, 3.05) is 19.7 Å². The number of hydrogen-bond donors (Lipinski definition) is 3. The first-order valence-corrected chi connectivity index (χ1v) is 5.38. The molecular weight excluding hydrogens is 218 g/mol. The van der Waals surface area contributed by atoms with E-state index in [1.165, 1.54) is 6.20 Å². The summed E-state index contributed by atoms with van der Waals surface area (Å²) in [5.41, 5.74) is 0. The van der Waals surface area contributed by atoms with Crippen molar-refractivity contribution < 1.29 is 14.9 Å². The van der Waals surface area contributed by atoms with Crippen LogP contribution in [0.2, 0.25) is 0 Å². The van der Waals surface area contributed by atoms with Gasteiger partial charge in [0.2, 0.25) is 5.88 Å². The molecular formula is C8H15N3O3S. The van der Waals surface area contributed by atoms with Gasteiger partial charge in [0, 0.05) is 13.1 Å². The Morgan fingerprint density at radius 3 is 2.93 bits per heavy atom. The molecule has 3 N–H and O–H groups in total. The average Bonchev–Trinajstić information content (AvgIpc) is 2.66. The zero-order chi connectivity index (χ0) is 11.1. The van der Waals surface area contributed by atoms with Crippen molar-refractivity contribution in [1.29, 1.82) is 0 Å². The standard InChI is InChI=1S/C8H15N3O3S/c1-6(12)2-9-3-7(13)5-14-8-4-10-15-11-8/h4,6-7,9,12-13H,2-3,5H2,1H3. The van der Waals surface area contributed by atoms with E-state index in [0.717, 1.165) is 11.7 Å². The van der Waals surface area contributed by atoms with E-state index >= 15 is 0 Å². The van der Waals surface area contributed by atoms with E-state index < -0.39 is 12.2 Å². The number of hydrogen-bond acceptors (Lipinski definition) is 7. The largest absolute Gasteiger partial charge is 0.473 e. The predicted octanol–water partition coefficient (Wildman–Crippen LogP) is -0.752. The summed E-state index contributed by atoms with van der Waals surface area (Å²) in [4.78, 5) is 0. The summed E-state index contributed by atoms with van der Waals surface area (Å²) in [6.07, 6.45) is 0.465. The molecule has 7 heteroatoms. The normalized spacial score (nSPS) is 14.9. The lowest BCUT2D eigenvalue weighted by atomic mass is 10.3. The van der Waals surface area contributed by atoms with Crippen LogP contribution in [0.15, 0.2) is 6.20 Å². The Hall–Kier alpha value is -0.760. The molecule has 1 aromatic heterocycles. The number of nitrogens with one attached hydrogen (secondary N) is 1. The predicted molar refractivity (Wildman–Crippen MR) is 56.0 cm³/mol. The number of rotatable bonds is 7. The van der Waals surface area contributed by atoms with E-state index in [1.807, 2.05) is 0 Å². The van der Waals surface area contributed by atoms with E-state index in [4.69, 9.17) is 9.84 Å². The molecule has 2 atom stereocenters. The third kappa shape index (κ3) is 5.63. The van der Waals surface area contributed by atoms with Crippen molar-refractivity contribution in [3.05, 3.63) is 6.20 Å². The van der Waals surface area contributed by atoms with Gasteiger partial charge in [0.25, 0.3) is 0 Å². The van der Waals surface area contributed by atoms with Gasteiger partial charge in [-0.3, -0.25) is 0 Å². The van der Waals surface area contributed by atoms with Gasteiger partial charge in [-0.1, -0.05) is 0 Å². The Labute approximate surface area is 92.2 Å². The van der Waals surface area contributed by atoms with E-state index in [1.54, 1.807) is 6.92 Å². The third-order valence-corrected chi connectivity index (χ3v) is 2.05. The molecule has 1 rings (SSSR count). The highest BCUT2D eigenvalue weighted by Crippen LogP contribution is 2.04. The van der Waals surface area contributed by atoms with Gasteiger partial charge in [0.05, 0.1) is 17.8 Å². The second-order valence-electron chi connectivity index (χ2n) is 3.22. The van der Waals surface area contributed by atoms with Crippen molar-refractivity contribution >= 4 is 11.7 Å². The van der Waals surface area contributed by atoms with Crippen LogP contribution in [0.1, 0.15) is 6.92 Å². The fraction of sp³-hybridized carbons (Fsp3) is 0.750. The molecule has 0 radical (unpaired) electrons. The Balaban J connectivity index is 2.06. The van der Waals surface area contributed by atoms with Gasteiger partial charge in [0.1, 0.15) is 18.9 Å². The van der Waals surface area contributed by atoms with Crippen LogP contribution < -0.4 is 10.1 Å². The van der Waals surface area contributed by atoms with E-state index in [0.29, 0.717) is 19.0 Å². The van der Waals surface area contributed by atoms with Crippen LogP contribution in [0.5, 0.6) is 5.88 Å². The molecule has 0 amide bonds. The average molecular weight is 233 g/mol. The number of ether oxygens (including phenoxy) is 1. The molecule has 0 fully saturated rings. The number of aliphatic hydroxyl groups excluding tert-OH is 2. The third-order valence-electron chi connectivity index (χ3n) is 1.58. The van der Waals surface area contributed by atoms with Gasteiger partial charge in [-0.2, -0.15) is 4.37 Å². The van der Waals surface area contributed by atoms with Crippen LogP contribution in [0.3, 0.4) is 0 Å². The Morgan fingerprint density at radius 1 is 1.53 bits per heavy atom. The Morgan fingerprint density at radius 2 is 2.33 bits per heavy atom. The van der Waals surface area contributed by atoms with Crippen molar-refractivity contribution in [2.45, 2.75) is 19.1 Å². The molecule has 0 saturated heterocycles. The molecule has 2 unspecified atom stereocenters. The maximum absolute atomic E-state index is 9.45. The fourth-order valence-corrected chi connectivity index (χ4v) is 1.28. The minimum Gasteiger partial charge on any atom is -0.473 e. The van der Waals surface area contributed by atoms with Crippen LogP contribution in [0.25, 0.3) is 0 Å². The zero-order valence-electron chi connectivity index (χ0n) is 8.46. The quantitative estimate of drug-likeness (QED) is 0.574. The smallest absolute Gasteiger partial charge is 0.245 e. The van der Waals surface area contributed by atoms with Gasteiger partial charge in [-0.15, -0.1) is 4.37 Å². The molecule has 0 aliphatic rings. The molecule has 1 aromatic rings. The van der Waals surface area contributed by atoms with Gasteiger partial charge < -0.3 is 20.3 Å². The van der Waals surface area contributed by atoms with Crippen molar-refractivity contribution in [3.63, 3.8) is 0 Å². The maximum atomic E-state index is 9.45. The lowest BCUT2D eigenvalue weighted by Gasteiger charge is -2.12. The summed E-state index contributed by atoms with van der Waals surface area (Å²) in [6, 6.07) is 0. The Kier molecular flexibility index (Phi) is 5.48. The second kappa shape index (κ2) is 6.67. The highest BCUT2D eigenvalue weighted by atomic mass is 32.1. The highest BCUT2D eigenvalue weighted by Gasteiger charge is 2.06. The molecule has 0 aromatic carbocycles. The van der Waals surface area contributed by atoms with Crippen LogP contribution >= 0.6 is 11.7 Å².